The molecular weight excluding hydrogens is 425 g/mol. The molecular formula is C22H23Cl2N3O3. The van der Waals surface area contributed by atoms with E-state index in [1.165, 1.54) is 0 Å². The summed E-state index contributed by atoms with van der Waals surface area (Å²) in [7, 11) is 3.30. The Morgan fingerprint density at radius 3 is 2.53 bits per heavy atom. The van der Waals surface area contributed by atoms with Gasteiger partial charge in [-0.25, -0.2) is 0 Å². The SMILES string of the molecule is CCn1cc(Cl)c(CN(C)C(=O)c2ccc(OC)c(COc3ccc(Cl)cc3)c2)n1. The number of aryl methyl sites for hydroxylation is 1. The first-order valence-corrected chi connectivity index (χ1v) is 10.2. The highest BCUT2D eigenvalue weighted by Crippen LogP contribution is 2.24. The third-order valence-electron chi connectivity index (χ3n) is 4.58. The average Bonchev–Trinajstić information content (AvgIpc) is 3.11. The Morgan fingerprint density at radius 1 is 1.17 bits per heavy atom. The first kappa shape index (κ1) is 22.0. The van der Waals surface area contributed by atoms with Crippen molar-refractivity contribution in [2.24, 2.45) is 0 Å². The molecule has 0 saturated carbocycles. The molecule has 2 aromatic carbocycles. The highest BCUT2D eigenvalue weighted by molar-refractivity contribution is 6.31. The van der Waals surface area contributed by atoms with Crippen molar-refractivity contribution in [1.29, 1.82) is 0 Å². The Morgan fingerprint density at radius 2 is 1.90 bits per heavy atom. The summed E-state index contributed by atoms with van der Waals surface area (Å²) in [5.41, 5.74) is 1.95. The molecule has 8 heteroatoms. The fourth-order valence-electron chi connectivity index (χ4n) is 2.94. The minimum atomic E-state index is -0.146. The lowest BCUT2D eigenvalue weighted by Gasteiger charge is -2.18. The highest BCUT2D eigenvalue weighted by atomic mass is 35.5. The van der Waals surface area contributed by atoms with Gasteiger partial charge < -0.3 is 14.4 Å². The van der Waals surface area contributed by atoms with Gasteiger partial charge in [0.15, 0.2) is 0 Å². The molecule has 1 amide bonds. The molecule has 6 nitrogen and oxygen atoms in total. The predicted molar refractivity (Wildman–Crippen MR) is 117 cm³/mol. The van der Waals surface area contributed by atoms with Crippen LogP contribution in [0.4, 0.5) is 0 Å². The number of ether oxygens (including phenoxy) is 2. The third kappa shape index (κ3) is 5.26. The zero-order chi connectivity index (χ0) is 21.7. The van der Waals surface area contributed by atoms with E-state index in [-0.39, 0.29) is 12.5 Å². The zero-order valence-electron chi connectivity index (χ0n) is 17.1. The molecule has 0 saturated heterocycles. The second-order valence-electron chi connectivity index (χ2n) is 6.71. The van der Waals surface area contributed by atoms with Crippen LogP contribution in [0.5, 0.6) is 11.5 Å². The minimum absolute atomic E-state index is 0.146. The van der Waals surface area contributed by atoms with Gasteiger partial charge in [0, 0.05) is 35.9 Å². The largest absolute Gasteiger partial charge is 0.496 e. The second kappa shape index (κ2) is 9.87. The monoisotopic (exact) mass is 447 g/mol. The van der Waals surface area contributed by atoms with Crippen molar-refractivity contribution in [3.63, 3.8) is 0 Å². The molecule has 3 aromatic rings. The van der Waals surface area contributed by atoms with Crippen LogP contribution in [-0.4, -0.2) is 34.7 Å². The summed E-state index contributed by atoms with van der Waals surface area (Å²) in [5, 5.41) is 5.58. The summed E-state index contributed by atoms with van der Waals surface area (Å²) >= 11 is 12.1. The molecule has 0 fully saturated rings. The number of carbonyl (C=O) groups excluding carboxylic acids is 1. The van der Waals surface area contributed by atoms with Crippen LogP contribution in [-0.2, 0) is 19.7 Å². The Bertz CT molecular complexity index is 1020. The van der Waals surface area contributed by atoms with Crippen molar-refractivity contribution in [2.45, 2.75) is 26.6 Å². The first-order valence-electron chi connectivity index (χ1n) is 9.43. The van der Waals surface area contributed by atoms with E-state index in [2.05, 4.69) is 5.10 Å². The van der Waals surface area contributed by atoms with Crippen LogP contribution >= 0.6 is 23.2 Å². The molecule has 1 heterocycles. The number of halogens is 2. The fourth-order valence-corrected chi connectivity index (χ4v) is 3.28. The van der Waals surface area contributed by atoms with E-state index in [0.717, 1.165) is 5.56 Å². The van der Waals surface area contributed by atoms with Crippen molar-refractivity contribution in [3.05, 3.63) is 75.5 Å². The molecule has 158 valence electrons. The molecule has 0 aliphatic carbocycles. The Labute approximate surface area is 185 Å². The van der Waals surface area contributed by atoms with Crippen molar-refractivity contribution >= 4 is 29.1 Å². The van der Waals surface area contributed by atoms with Gasteiger partial charge >= 0.3 is 0 Å². The Hall–Kier alpha value is -2.70. The Balaban J connectivity index is 1.74. The number of rotatable bonds is 8. The lowest BCUT2D eigenvalue weighted by molar-refractivity contribution is 0.0783. The molecule has 0 radical (unpaired) electrons. The van der Waals surface area contributed by atoms with Crippen LogP contribution in [0.3, 0.4) is 0 Å². The van der Waals surface area contributed by atoms with Gasteiger partial charge in [-0.15, -0.1) is 0 Å². The van der Waals surface area contributed by atoms with Gasteiger partial charge in [0.25, 0.3) is 5.91 Å². The standard InChI is InChI=1S/C22H23Cl2N3O3/c1-4-27-12-19(24)20(25-27)13-26(2)22(28)15-5-10-21(29-3)16(11-15)14-30-18-8-6-17(23)7-9-18/h5-12H,4,13-14H2,1-3H3. The van der Waals surface area contributed by atoms with Crippen molar-refractivity contribution < 1.29 is 14.3 Å². The number of aromatic nitrogens is 2. The maximum absolute atomic E-state index is 13.0. The van der Waals surface area contributed by atoms with Gasteiger partial charge in [0.05, 0.1) is 18.7 Å². The van der Waals surface area contributed by atoms with Gasteiger partial charge in [0.2, 0.25) is 0 Å². The van der Waals surface area contributed by atoms with Crippen LogP contribution in [0.15, 0.2) is 48.7 Å². The summed E-state index contributed by atoms with van der Waals surface area (Å²) in [6, 6.07) is 12.4. The van der Waals surface area contributed by atoms with Crippen LogP contribution in [0.25, 0.3) is 0 Å². The van der Waals surface area contributed by atoms with E-state index in [4.69, 9.17) is 32.7 Å². The van der Waals surface area contributed by atoms with Gasteiger partial charge in [-0.2, -0.15) is 5.10 Å². The molecule has 0 bridgehead atoms. The van der Waals surface area contributed by atoms with Crippen molar-refractivity contribution in [2.75, 3.05) is 14.2 Å². The van der Waals surface area contributed by atoms with E-state index in [9.17, 15) is 4.79 Å². The van der Waals surface area contributed by atoms with E-state index in [0.29, 0.717) is 45.9 Å². The minimum Gasteiger partial charge on any atom is -0.496 e. The molecule has 0 N–H and O–H groups in total. The predicted octanol–water partition coefficient (Wildman–Crippen LogP) is 5.07. The molecule has 3 rings (SSSR count). The molecule has 0 atom stereocenters. The number of carbonyl (C=O) groups is 1. The summed E-state index contributed by atoms with van der Waals surface area (Å²) in [6.45, 7) is 3.26. The lowest BCUT2D eigenvalue weighted by Crippen LogP contribution is -2.26. The van der Waals surface area contributed by atoms with E-state index >= 15 is 0 Å². The highest BCUT2D eigenvalue weighted by Gasteiger charge is 2.17. The number of nitrogens with zero attached hydrogens (tertiary/aromatic N) is 3. The van der Waals surface area contributed by atoms with E-state index in [1.54, 1.807) is 72.4 Å². The number of benzene rings is 2. The maximum atomic E-state index is 13.0. The molecule has 0 aliphatic heterocycles. The third-order valence-corrected chi connectivity index (χ3v) is 5.15. The summed E-state index contributed by atoms with van der Waals surface area (Å²) in [4.78, 5) is 14.5. The summed E-state index contributed by atoms with van der Waals surface area (Å²) in [5.74, 6) is 1.18. The normalized spacial score (nSPS) is 10.7. The fraction of sp³-hybridized carbons (Fsp3) is 0.273. The molecule has 0 spiro atoms. The number of amides is 1. The lowest BCUT2D eigenvalue weighted by atomic mass is 10.1. The quantitative estimate of drug-likeness (QED) is 0.483. The Kier molecular flexibility index (Phi) is 7.24. The van der Waals surface area contributed by atoms with E-state index in [1.807, 2.05) is 6.92 Å². The number of methoxy groups -OCH3 is 1. The molecule has 30 heavy (non-hydrogen) atoms. The topological polar surface area (TPSA) is 56.6 Å². The smallest absolute Gasteiger partial charge is 0.253 e. The van der Waals surface area contributed by atoms with Gasteiger partial charge in [-0.3, -0.25) is 9.48 Å². The van der Waals surface area contributed by atoms with Crippen LogP contribution < -0.4 is 9.47 Å². The van der Waals surface area contributed by atoms with Crippen LogP contribution in [0.2, 0.25) is 10.0 Å². The average molecular weight is 448 g/mol. The maximum Gasteiger partial charge on any atom is 0.253 e. The van der Waals surface area contributed by atoms with Crippen molar-refractivity contribution in [1.82, 2.24) is 14.7 Å². The van der Waals surface area contributed by atoms with Crippen LogP contribution in [0.1, 0.15) is 28.5 Å². The second-order valence-corrected chi connectivity index (χ2v) is 7.55. The molecule has 0 aliphatic rings. The first-order chi connectivity index (χ1) is 14.4. The summed E-state index contributed by atoms with van der Waals surface area (Å²) < 4.78 is 13.0. The van der Waals surface area contributed by atoms with Gasteiger partial charge in [-0.05, 0) is 49.4 Å². The summed E-state index contributed by atoms with van der Waals surface area (Å²) in [6.07, 6.45) is 1.76. The van der Waals surface area contributed by atoms with Gasteiger partial charge in [0.1, 0.15) is 23.8 Å². The van der Waals surface area contributed by atoms with Crippen LogP contribution in [0, 0.1) is 0 Å². The van der Waals surface area contributed by atoms with Crippen molar-refractivity contribution in [3.8, 4) is 11.5 Å². The number of hydrogen-bond donors (Lipinski definition) is 0. The molecule has 1 aromatic heterocycles. The number of hydrogen-bond acceptors (Lipinski definition) is 4. The zero-order valence-corrected chi connectivity index (χ0v) is 18.6. The molecule has 0 unspecified atom stereocenters. The van der Waals surface area contributed by atoms with E-state index < -0.39 is 0 Å². The van der Waals surface area contributed by atoms with Gasteiger partial charge in [-0.1, -0.05) is 23.2 Å².